The van der Waals surface area contributed by atoms with Crippen LogP contribution >= 0.6 is 23.2 Å². The summed E-state index contributed by atoms with van der Waals surface area (Å²) in [4.78, 5) is 65.6. The molecule has 2 aromatic carbocycles. The Morgan fingerprint density at radius 1 is 1.09 bits per heavy atom. The van der Waals surface area contributed by atoms with Gasteiger partial charge in [-0.1, -0.05) is 41.4 Å². The monoisotopic (exact) mass is 654 g/mol. The molecule has 3 amide bonds. The van der Waals surface area contributed by atoms with Crippen molar-refractivity contribution >= 4 is 63.7 Å². The average molecular weight is 656 g/mol. The smallest absolute Gasteiger partial charge is 0.245 e. The lowest BCUT2D eigenvalue weighted by Gasteiger charge is -2.38. The predicted molar refractivity (Wildman–Crippen MR) is 172 cm³/mol. The number of aromatic nitrogens is 2. The Morgan fingerprint density at radius 2 is 1.87 bits per heavy atom. The maximum absolute atomic E-state index is 13.8. The number of nitrogens with two attached hydrogens (primary N) is 2. The number of halogens is 2. The van der Waals surface area contributed by atoms with Gasteiger partial charge < -0.3 is 31.2 Å². The second kappa shape index (κ2) is 13.9. The molecule has 0 aliphatic carbocycles. The van der Waals surface area contributed by atoms with Gasteiger partial charge in [-0.15, -0.1) is 0 Å². The lowest BCUT2D eigenvalue weighted by Crippen LogP contribution is -2.62. The number of hydrogen-bond donors (Lipinski definition) is 3. The number of nitrogens with zero attached hydrogens (tertiary/aromatic N) is 5. The number of guanidine groups is 1. The highest BCUT2D eigenvalue weighted by atomic mass is 35.5. The fraction of sp³-hybridized carbons (Fsp3) is 0.419. The number of rotatable bonds is 12. The normalized spacial score (nSPS) is 18.6. The molecule has 5 N–H and O–H groups in total. The van der Waals surface area contributed by atoms with Gasteiger partial charge in [0.25, 0.3) is 0 Å². The first-order chi connectivity index (χ1) is 21.5. The summed E-state index contributed by atoms with van der Waals surface area (Å²) in [5.74, 6) is -1.18. The molecule has 0 bridgehead atoms. The van der Waals surface area contributed by atoms with Gasteiger partial charge in [0.15, 0.2) is 11.8 Å². The minimum absolute atomic E-state index is 0.0639. The average Bonchev–Trinajstić information content (AvgIpc) is 3.61. The number of ketones is 1. The number of fused-ring (bicyclic) bond motifs is 2. The predicted octanol–water partition coefficient (Wildman–Crippen LogP) is 2.44. The van der Waals surface area contributed by atoms with Crippen molar-refractivity contribution in [2.24, 2.45) is 23.5 Å². The van der Waals surface area contributed by atoms with E-state index in [2.05, 4.69) is 15.3 Å². The van der Waals surface area contributed by atoms with Crippen LogP contribution < -0.4 is 16.8 Å². The topological polar surface area (TPSA) is 169 Å². The van der Waals surface area contributed by atoms with Gasteiger partial charge in [-0.05, 0) is 68.4 Å². The third-order valence-electron chi connectivity index (χ3n) is 8.36. The second-order valence-corrected chi connectivity index (χ2v) is 12.2. The molecule has 0 radical (unpaired) electrons. The number of amides is 3. The van der Waals surface area contributed by atoms with Gasteiger partial charge in [-0.2, -0.15) is 0 Å². The van der Waals surface area contributed by atoms with Crippen molar-refractivity contribution in [2.75, 3.05) is 19.6 Å². The fourth-order valence-corrected chi connectivity index (χ4v) is 6.43. The third kappa shape index (κ3) is 7.07. The molecule has 14 heteroatoms. The molecule has 0 spiro atoms. The maximum Gasteiger partial charge on any atom is 0.245 e. The summed E-state index contributed by atoms with van der Waals surface area (Å²) < 4.78 is 1.70. The van der Waals surface area contributed by atoms with Crippen molar-refractivity contribution in [3.05, 3.63) is 63.9 Å². The Labute approximate surface area is 270 Å². The summed E-state index contributed by atoms with van der Waals surface area (Å²) >= 11 is 12.1. The highest BCUT2D eigenvalue weighted by molar-refractivity contribution is 6.42. The lowest BCUT2D eigenvalue weighted by molar-refractivity contribution is -0.157. The number of aliphatic imine (C=N–C) groups is 1. The van der Waals surface area contributed by atoms with E-state index in [9.17, 15) is 19.2 Å². The van der Waals surface area contributed by atoms with Crippen LogP contribution in [0, 0.1) is 0 Å². The van der Waals surface area contributed by atoms with Crippen LogP contribution in [0.25, 0.3) is 11.0 Å². The van der Waals surface area contributed by atoms with Crippen LogP contribution in [0.15, 0.2) is 47.5 Å². The SMILES string of the molecule is Cn1c(C(=O)[C@H](CCCN=C(N)N)NC(=O)[C@@H]2CC[C@H]3C(=O)N(CCCc4ccc(Cl)c(Cl)c4)CC(=O)N23)nc2ccccc21. The molecule has 1 aromatic heterocycles. The summed E-state index contributed by atoms with van der Waals surface area (Å²) in [7, 11) is 1.75. The van der Waals surface area contributed by atoms with Gasteiger partial charge in [0.2, 0.25) is 23.5 Å². The van der Waals surface area contributed by atoms with Crippen LogP contribution in [-0.4, -0.2) is 86.6 Å². The number of Topliss-reactive ketones (excluding diaryl/α,β-unsaturated/α-hetero) is 1. The lowest BCUT2D eigenvalue weighted by atomic mass is 10.0. The van der Waals surface area contributed by atoms with E-state index in [0.717, 1.165) is 11.1 Å². The number of piperazine rings is 1. The van der Waals surface area contributed by atoms with E-state index >= 15 is 0 Å². The summed E-state index contributed by atoms with van der Waals surface area (Å²) in [6, 6.07) is 10.3. The van der Waals surface area contributed by atoms with E-state index in [0.29, 0.717) is 54.2 Å². The Morgan fingerprint density at radius 3 is 2.60 bits per heavy atom. The summed E-state index contributed by atoms with van der Waals surface area (Å²) in [5, 5.41) is 3.81. The molecule has 3 heterocycles. The Hall–Kier alpha value is -4.16. The number of benzene rings is 2. The first-order valence-corrected chi connectivity index (χ1v) is 15.7. The van der Waals surface area contributed by atoms with Gasteiger partial charge in [0, 0.05) is 20.1 Å². The largest absolute Gasteiger partial charge is 0.370 e. The molecular formula is C31H36Cl2N8O4. The summed E-state index contributed by atoms with van der Waals surface area (Å²) in [6.45, 7) is 0.563. The van der Waals surface area contributed by atoms with Crippen LogP contribution in [0.5, 0.6) is 0 Å². The van der Waals surface area contributed by atoms with E-state index in [4.69, 9.17) is 34.7 Å². The fourth-order valence-electron chi connectivity index (χ4n) is 6.11. The summed E-state index contributed by atoms with van der Waals surface area (Å²) in [6.07, 6.45) is 2.65. The van der Waals surface area contributed by atoms with E-state index in [1.807, 2.05) is 30.3 Å². The van der Waals surface area contributed by atoms with Gasteiger partial charge in [0.05, 0.1) is 33.7 Å². The van der Waals surface area contributed by atoms with Crippen molar-refractivity contribution in [1.29, 1.82) is 0 Å². The van der Waals surface area contributed by atoms with E-state index in [1.54, 1.807) is 28.6 Å². The van der Waals surface area contributed by atoms with E-state index < -0.39 is 24.0 Å². The molecule has 0 saturated carbocycles. The van der Waals surface area contributed by atoms with Crippen molar-refractivity contribution in [3.63, 3.8) is 0 Å². The molecule has 3 atom stereocenters. The Balaban J connectivity index is 1.25. The van der Waals surface area contributed by atoms with E-state index in [1.165, 1.54) is 4.90 Å². The zero-order valence-electron chi connectivity index (χ0n) is 24.9. The van der Waals surface area contributed by atoms with Gasteiger partial charge in [-0.3, -0.25) is 24.2 Å². The zero-order chi connectivity index (χ0) is 32.2. The van der Waals surface area contributed by atoms with Crippen molar-refractivity contribution in [1.82, 2.24) is 24.7 Å². The molecular weight excluding hydrogens is 619 g/mol. The molecule has 12 nitrogen and oxygen atoms in total. The number of hydrogen-bond acceptors (Lipinski definition) is 6. The van der Waals surface area contributed by atoms with Gasteiger partial charge in [0.1, 0.15) is 12.1 Å². The molecule has 45 heavy (non-hydrogen) atoms. The number of para-hydroxylation sites is 2. The Bertz CT molecular complexity index is 1650. The van der Waals surface area contributed by atoms with Gasteiger partial charge >= 0.3 is 0 Å². The number of carbonyl (C=O) groups excluding carboxylic acids is 4. The standard InChI is InChI=1S/C31H36Cl2N8O4/c1-39-23-9-3-2-7-21(23)37-28(39)27(43)22(8-4-14-36-31(34)35)38-29(44)24-12-13-25-30(45)40(17-26(42)41(24)25)15-5-6-18-10-11-19(32)20(33)16-18/h2-3,7,9-11,16,22,24-25H,4-6,8,12-15,17H2,1H3,(H,38,44)(H4,34,35,36)/t22-,24-,25-/m0/s1. The maximum atomic E-state index is 13.8. The Kier molecular flexibility index (Phi) is 9.93. The van der Waals surface area contributed by atoms with Crippen molar-refractivity contribution in [3.8, 4) is 0 Å². The first kappa shape index (κ1) is 32.2. The number of carbonyl (C=O) groups is 4. The molecule has 3 aromatic rings. The highest BCUT2D eigenvalue weighted by Crippen LogP contribution is 2.30. The number of nitrogens with one attached hydrogen (secondary N) is 1. The van der Waals surface area contributed by atoms with Crippen LogP contribution in [0.3, 0.4) is 0 Å². The molecule has 2 aliphatic heterocycles. The third-order valence-corrected chi connectivity index (χ3v) is 9.10. The van der Waals surface area contributed by atoms with Crippen LogP contribution in [0.2, 0.25) is 10.0 Å². The molecule has 2 saturated heterocycles. The van der Waals surface area contributed by atoms with Crippen LogP contribution in [0.4, 0.5) is 0 Å². The molecule has 5 rings (SSSR count). The van der Waals surface area contributed by atoms with Crippen molar-refractivity contribution in [2.45, 2.75) is 56.7 Å². The number of aryl methyl sites for hydroxylation is 2. The number of imidazole rings is 1. The second-order valence-electron chi connectivity index (χ2n) is 11.4. The minimum Gasteiger partial charge on any atom is -0.370 e. The van der Waals surface area contributed by atoms with Crippen LogP contribution in [-0.2, 0) is 27.9 Å². The van der Waals surface area contributed by atoms with E-state index in [-0.39, 0.29) is 48.9 Å². The minimum atomic E-state index is -0.935. The molecule has 2 aliphatic rings. The molecule has 2 fully saturated rings. The first-order valence-electron chi connectivity index (χ1n) is 14.9. The van der Waals surface area contributed by atoms with Crippen LogP contribution in [0.1, 0.15) is 48.3 Å². The summed E-state index contributed by atoms with van der Waals surface area (Å²) in [5.41, 5.74) is 13.3. The highest BCUT2D eigenvalue weighted by Gasteiger charge is 2.49. The van der Waals surface area contributed by atoms with Crippen molar-refractivity contribution < 1.29 is 19.2 Å². The molecule has 238 valence electrons. The van der Waals surface area contributed by atoms with Gasteiger partial charge in [-0.25, -0.2) is 4.98 Å². The zero-order valence-corrected chi connectivity index (χ0v) is 26.4. The molecule has 0 unspecified atom stereocenters. The quantitative estimate of drug-likeness (QED) is 0.117.